The fourth-order valence-electron chi connectivity index (χ4n) is 2.91. The minimum absolute atomic E-state index is 0.134. The number of rotatable bonds is 6. The third kappa shape index (κ3) is 4.38. The van der Waals surface area contributed by atoms with Crippen molar-refractivity contribution < 1.29 is 14.3 Å². The Balaban J connectivity index is 1.73. The Hall–Kier alpha value is -2.63. The molecule has 1 aromatic heterocycles. The number of pyridine rings is 1. The van der Waals surface area contributed by atoms with Gasteiger partial charge in [-0.25, -0.2) is 0 Å². The summed E-state index contributed by atoms with van der Waals surface area (Å²) in [6.45, 7) is 0.459. The van der Waals surface area contributed by atoms with Gasteiger partial charge < -0.3 is 15.0 Å². The SMILES string of the molecule is COCCc1ccc2nccc(C(=O)NCC(=O)N3CSCC3C#N)c2c1. The first-order valence-electron chi connectivity index (χ1n) is 8.55. The standard InChI is InChI=1S/C19H20N4O3S/c1-26-7-5-13-2-3-17-16(8-13)15(4-6-21-17)19(25)22-10-18(24)23-12-27-11-14(23)9-20/h2-4,6,8,14H,5,7,10-12H2,1H3,(H,22,25). The van der Waals surface area contributed by atoms with Gasteiger partial charge in [-0.1, -0.05) is 6.07 Å². The van der Waals surface area contributed by atoms with Crippen LogP contribution in [0.25, 0.3) is 10.9 Å². The third-order valence-corrected chi connectivity index (χ3v) is 5.41. The summed E-state index contributed by atoms with van der Waals surface area (Å²) in [6.07, 6.45) is 2.32. The summed E-state index contributed by atoms with van der Waals surface area (Å²) in [6, 6.07) is 9.11. The highest BCUT2D eigenvalue weighted by Gasteiger charge is 2.29. The molecule has 1 aromatic carbocycles. The van der Waals surface area contributed by atoms with Crippen molar-refractivity contribution in [1.82, 2.24) is 15.2 Å². The lowest BCUT2D eigenvalue weighted by molar-refractivity contribution is -0.129. The van der Waals surface area contributed by atoms with Gasteiger partial charge >= 0.3 is 0 Å². The van der Waals surface area contributed by atoms with E-state index in [0.717, 1.165) is 22.9 Å². The predicted molar refractivity (Wildman–Crippen MR) is 103 cm³/mol. The smallest absolute Gasteiger partial charge is 0.252 e. The van der Waals surface area contributed by atoms with Crippen LogP contribution >= 0.6 is 11.8 Å². The van der Waals surface area contributed by atoms with E-state index in [1.54, 1.807) is 19.4 Å². The molecule has 1 fully saturated rings. The van der Waals surface area contributed by atoms with Gasteiger partial charge in [0.15, 0.2) is 0 Å². The van der Waals surface area contributed by atoms with E-state index in [0.29, 0.717) is 23.8 Å². The number of nitrogens with one attached hydrogen (secondary N) is 1. The lowest BCUT2D eigenvalue weighted by Crippen LogP contribution is -2.42. The van der Waals surface area contributed by atoms with E-state index in [1.165, 1.54) is 16.7 Å². The summed E-state index contributed by atoms with van der Waals surface area (Å²) in [5, 5.41) is 12.5. The number of aromatic nitrogens is 1. The van der Waals surface area contributed by atoms with Gasteiger partial charge in [0.05, 0.1) is 36.2 Å². The first-order chi connectivity index (χ1) is 13.1. The number of carbonyl (C=O) groups excluding carboxylic acids is 2. The average Bonchev–Trinajstić information content (AvgIpc) is 3.18. The molecule has 7 nitrogen and oxygen atoms in total. The number of benzene rings is 1. The summed E-state index contributed by atoms with van der Waals surface area (Å²) in [5.41, 5.74) is 2.24. The molecular weight excluding hydrogens is 364 g/mol. The molecular formula is C19H20N4O3S. The minimum Gasteiger partial charge on any atom is -0.384 e. The fraction of sp³-hybridized carbons (Fsp3) is 0.368. The van der Waals surface area contributed by atoms with Crippen molar-refractivity contribution in [2.75, 3.05) is 31.9 Å². The Morgan fingerprint density at radius 3 is 3.07 bits per heavy atom. The second-order valence-corrected chi connectivity index (χ2v) is 7.14. The van der Waals surface area contributed by atoms with Gasteiger partial charge in [0.25, 0.3) is 5.91 Å². The van der Waals surface area contributed by atoms with Crippen LogP contribution in [0.1, 0.15) is 15.9 Å². The number of fused-ring (bicyclic) bond motifs is 1. The number of ether oxygens (including phenoxy) is 1. The van der Waals surface area contributed by atoms with Crippen molar-refractivity contribution in [3.63, 3.8) is 0 Å². The van der Waals surface area contributed by atoms with Crippen molar-refractivity contribution in [3.8, 4) is 6.07 Å². The minimum atomic E-state index is -0.426. The number of methoxy groups -OCH3 is 1. The molecule has 2 aromatic rings. The van der Waals surface area contributed by atoms with Crippen molar-refractivity contribution in [3.05, 3.63) is 41.6 Å². The Bertz CT molecular complexity index is 896. The predicted octanol–water partition coefficient (Wildman–Crippen LogP) is 1.58. The highest BCUT2D eigenvalue weighted by atomic mass is 32.2. The summed E-state index contributed by atoms with van der Waals surface area (Å²) in [4.78, 5) is 30.8. The van der Waals surface area contributed by atoms with Gasteiger partial charge in [0.1, 0.15) is 6.04 Å². The van der Waals surface area contributed by atoms with Crippen molar-refractivity contribution in [2.24, 2.45) is 0 Å². The molecule has 27 heavy (non-hydrogen) atoms. The van der Waals surface area contributed by atoms with Gasteiger partial charge in [-0.05, 0) is 30.2 Å². The van der Waals surface area contributed by atoms with Gasteiger partial charge in [0.2, 0.25) is 5.91 Å². The van der Waals surface area contributed by atoms with Crippen LogP contribution in [0.3, 0.4) is 0 Å². The molecule has 1 unspecified atom stereocenters. The number of nitriles is 1. The lowest BCUT2D eigenvalue weighted by Gasteiger charge is -2.18. The van der Waals surface area contributed by atoms with E-state index in [2.05, 4.69) is 16.4 Å². The Morgan fingerprint density at radius 1 is 1.44 bits per heavy atom. The molecule has 0 bridgehead atoms. The number of hydrogen-bond acceptors (Lipinski definition) is 6. The molecule has 8 heteroatoms. The molecule has 0 spiro atoms. The van der Waals surface area contributed by atoms with Crippen LogP contribution in [-0.4, -0.2) is 59.6 Å². The van der Waals surface area contributed by atoms with E-state index in [1.807, 2.05) is 18.2 Å². The number of nitrogens with zero attached hydrogens (tertiary/aromatic N) is 3. The summed E-state index contributed by atoms with van der Waals surface area (Å²) >= 11 is 1.54. The Labute approximate surface area is 161 Å². The molecule has 3 rings (SSSR count). The molecule has 0 saturated carbocycles. The number of thioether (sulfide) groups is 1. The van der Waals surface area contributed by atoms with Crippen LogP contribution in [0.2, 0.25) is 0 Å². The van der Waals surface area contributed by atoms with Gasteiger partial charge in [-0.3, -0.25) is 14.6 Å². The number of hydrogen-bond donors (Lipinski definition) is 1. The molecule has 1 saturated heterocycles. The zero-order valence-corrected chi connectivity index (χ0v) is 15.8. The maximum atomic E-state index is 12.6. The molecule has 1 N–H and O–H groups in total. The largest absolute Gasteiger partial charge is 0.384 e. The highest BCUT2D eigenvalue weighted by molar-refractivity contribution is 7.99. The van der Waals surface area contributed by atoms with Gasteiger partial charge in [0, 0.05) is 24.4 Å². The molecule has 140 valence electrons. The molecule has 0 radical (unpaired) electrons. The van der Waals surface area contributed by atoms with Crippen LogP contribution in [-0.2, 0) is 16.0 Å². The first kappa shape index (κ1) is 19.1. The fourth-order valence-corrected chi connectivity index (χ4v) is 4.02. The Morgan fingerprint density at radius 2 is 2.30 bits per heavy atom. The first-order valence-corrected chi connectivity index (χ1v) is 9.71. The zero-order chi connectivity index (χ0) is 19.2. The molecule has 1 atom stereocenters. The monoisotopic (exact) mass is 384 g/mol. The molecule has 1 aliphatic heterocycles. The van der Waals surface area contributed by atoms with Crippen LogP contribution in [0, 0.1) is 11.3 Å². The topological polar surface area (TPSA) is 95.3 Å². The lowest BCUT2D eigenvalue weighted by atomic mass is 10.0. The van der Waals surface area contributed by atoms with Crippen LogP contribution in [0.5, 0.6) is 0 Å². The number of carbonyl (C=O) groups is 2. The maximum absolute atomic E-state index is 12.6. The zero-order valence-electron chi connectivity index (χ0n) is 15.0. The van der Waals surface area contributed by atoms with Crippen molar-refractivity contribution in [2.45, 2.75) is 12.5 Å². The maximum Gasteiger partial charge on any atom is 0.252 e. The van der Waals surface area contributed by atoms with Crippen molar-refractivity contribution >= 4 is 34.5 Å². The normalized spacial score (nSPS) is 16.3. The van der Waals surface area contributed by atoms with Crippen molar-refractivity contribution in [1.29, 1.82) is 5.26 Å². The second-order valence-electron chi connectivity index (χ2n) is 6.14. The molecule has 2 heterocycles. The van der Waals surface area contributed by atoms with E-state index in [4.69, 9.17) is 10.00 Å². The van der Waals surface area contributed by atoms with Gasteiger partial charge in [-0.15, -0.1) is 11.8 Å². The quantitative estimate of drug-likeness (QED) is 0.812. The molecule has 2 amide bonds. The summed E-state index contributed by atoms with van der Waals surface area (Å²) < 4.78 is 5.11. The highest BCUT2D eigenvalue weighted by Crippen LogP contribution is 2.21. The van der Waals surface area contributed by atoms with E-state index < -0.39 is 6.04 Å². The molecule has 0 aliphatic carbocycles. The van der Waals surface area contributed by atoms with E-state index in [-0.39, 0.29) is 18.4 Å². The number of amides is 2. The summed E-state index contributed by atoms with van der Waals surface area (Å²) in [7, 11) is 1.65. The van der Waals surface area contributed by atoms with E-state index >= 15 is 0 Å². The molecule has 1 aliphatic rings. The van der Waals surface area contributed by atoms with Crippen LogP contribution in [0.15, 0.2) is 30.5 Å². The van der Waals surface area contributed by atoms with Crippen LogP contribution in [0.4, 0.5) is 0 Å². The van der Waals surface area contributed by atoms with Gasteiger partial charge in [-0.2, -0.15) is 5.26 Å². The Kier molecular flexibility index (Phi) is 6.27. The average molecular weight is 384 g/mol. The third-order valence-electron chi connectivity index (χ3n) is 4.40. The van der Waals surface area contributed by atoms with Crippen LogP contribution < -0.4 is 5.32 Å². The second kappa shape index (κ2) is 8.84. The van der Waals surface area contributed by atoms with E-state index in [9.17, 15) is 9.59 Å². The summed E-state index contributed by atoms with van der Waals surface area (Å²) in [5.74, 6) is 0.502.